The lowest BCUT2D eigenvalue weighted by Crippen LogP contribution is -2.25. The number of esters is 1. The van der Waals surface area contributed by atoms with Crippen molar-refractivity contribution in [3.05, 3.63) is 51.9 Å². The zero-order valence-corrected chi connectivity index (χ0v) is 13.7. The lowest BCUT2D eigenvalue weighted by molar-refractivity contribution is -0.119. The molecular weight excluding hydrogens is 344 g/mol. The Kier molecular flexibility index (Phi) is 4.70. The first-order valence-electron chi connectivity index (χ1n) is 7.55. The molecule has 1 aromatic carbocycles. The number of hydrogen-bond donors (Lipinski definition) is 2. The number of carbonyl (C=O) groups excluding carboxylic acids is 3. The van der Waals surface area contributed by atoms with Crippen LogP contribution in [0.25, 0.3) is 0 Å². The van der Waals surface area contributed by atoms with Crippen molar-refractivity contribution in [3.63, 3.8) is 0 Å². The van der Waals surface area contributed by atoms with Crippen LogP contribution in [0.2, 0.25) is 0 Å². The predicted molar refractivity (Wildman–Crippen MR) is 88.5 cm³/mol. The molecule has 0 unspecified atom stereocenters. The number of amides is 1. The highest BCUT2D eigenvalue weighted by Gasteiger charge is 2.21. The summed E-state index contributed by atoms with van der Waals surface area (Å²) in [6.07, 6.45) is 1.37. The number of aromatic nitrogens is 1. The fourth-order valence-electron chi connectivity index (χ4n) is 2.31. The van der Waals surface area contributed by atoms with Gasteiger partial charge >= 0.3 is 5.97 Å². The summed E-state index contributed by atoms with van der Waals surface area (Å²) >= 11 is 0. The molecule has 3 rings (SSSR count). The van der Waals surface area contributed by atoms with Gasteiger partial charge in [0.1, 0.15) is 5.56 Å². The van der Waals surface area contributed by atoms with Crippen molar-refractivity contribution in [2.45, 2.75) is 6.92 Å². The summed E-state index contributed by atoms with van der Waals surface area (Å²) in [5.74, 6) is -1.10. The van der Waals surface area contributed by atoms with E-state index in [0.29, 0.717) is 11.5 Å². The fourth-order valence-corrected chi connectivity index (χ4v) is 2.31. The SMILES string of the molecule is CC(=O)c1cc2c(cc1NC(=O)COC(=O)c1ccc[nH]c1=O)OCO2. The topological polar surface area (TPSA) is 124 Å². The molecule has 9 nitrogen and oxygen atoms in total. The van der Waals surface area contributed by atoms with Gasteiger partial charge in [-0.05, 0) is 25.1 Å². The summed E-state index contributed by atoms with van der Waals surface area (Å²) in [6, 6.07) is 5.67. The van der Waals surface area contributed by atoms with E-state index in [4.69, 9.17) is 14.2 Å². The first-order valence-corrected chi connectivity index (χ1v) is 7.55. The van der Waals surface area contributed by atoms with E-state index in [9.17, 15) is 19.2 Å². The van der Waals surface area contributed by atoms with Crippen LogP contribution in [0.4, 0.5) is 5.69 Å². The van der Waals surface area contributed by atoms with Gasteiger partial charge in [-0.2, -0.15) is 0 Å². The number of ketones is 1. The van der Waals surface area contributed by atoms with Gasteiger partial charge in [-0.15, -0.1) is 0 Å². The number of ether oxygens (including phenoxy) is 3. The highest BCUT2D eigenvalue weighted by molar-refractivity contribution is 6.05. The maximum absolute atomic E-state index is 12.1. The maximum Gasteiger partial charge on any atom is 0.344 e. The molecule has 0 radical (unpaired) electrons. The Balaban J connectivity index is 1.69. The van der Waals surface area contributed by atoms with E-state index in [0.717, 1.165) is 0 Å². The molecule has 9 heteroatoms. The van der Waals surface area contributed by atoms with Crippen LogP contribution in [0.5, 0.6) is 11.5 Å². The largest absolute Gasteiger partial charge is 0.454 e. The second kappa shape index (κ2) is 7.09. The summed E-state index contributed by atoms with van der Waals surface area (Å²) in [6.45, 7) is 0.737. The lowest BCUT2D eigenvalue weighted by atomic mass is 10.1. The molecule has 26 heavy (non-hydrogen) atoms. The van der Waals surface area contributed by atoms with Gasteiger partial charge in [0.05, 0.1) is 5.69 Å². The molecule has 0 spiro atoms. The molecule has 2 heterocycles. The van der Waals surface area contributed by atoms with Crippen molar-refractivity contribution in [2.24, 2.45) is 0 Å². The zero-order valence-electron chi connectivity index (χ0n) is 13.7. The van der Waals surface area contributed by atoms with Gasteiger partial charge in [0, 0.05) is 17.8 Å². The van der Waals surface area contributed by atoms with Crippen molar-refractivity contribution in [2.75, 3.05) is 18.7 Å². The standard InChI is InChI=1S/C17H14N2O7/c1-9(20)11-5-13-14(26-8-25-13)6-12(11)19-15(21)7-24-17(23)10-3-2-4-18-16(10)22/h2-6H,7-8H2,1H3,(H,18,22)(H,19,21). The first kappa shape index (κ1) is 17.2. The lowest BCUT2D eigenvalue weighted by Gasteiger charge is -2.11. The van der Waals surface area contributed by atoms with E-state index in [2.05, 4.69) is 10.3 Å². The van der Waals surface area contributed by atoms with Gasteiger partial charge in [0.15, 0.2) is 23.9 Å². The van der Waals surface area contributed by atoms with Crippen LogP contribution < -0.4 is 20.3 Å². The monoisotopic (exact) mass is 358 g/mol. The zero-order chi connectivity index (χ0) is 18.7. The Labute approximate surface area is 146 Å². The Bertz CT molecular complexity index is 948. The number of pyridine rings is 1. The van der Waals surface area contributed by atoms with Gasteiger partial charge in [-0.25, -0.2) is 4.79 Å². The normalized spacial score (nSPS) is 11.7. The van der Waals surface area contributed by atoms with Crippen molar-refractivity contribution in [1.82, 2.24) is 4.98 Å². The van der Waals surface area contributed by atoms with Crippen molar-refractivity contribution in [3.8, 4) is 11.5 Å². The average molecular weight is 358 g/mol. The van der Waals surface area contributed by atoms with E-state index in [-0.39, 0.29) is 29.4 Å². The second-order valence-corrected chi connectivity index (χ2v) is 5.34. The van der Waals surface area contributed by atoms with Crippen molar-refractivity contribution < 1.29 is 28.6 Å². The van der Waals surface area contributed by atoms with Crippen LogP contribution in [-0.2, 0) is 9.53 Å². The number of rotatable bonds is 5. The van der Waals surface area contributed by atoms with E-state index in [1.54, 1.807) is 0 Å². The molecule has 1 aliphatic heterocycles. The van der Waals surface area contributed by atoms with Gasteiger partial charge in [-0.1, -0.05) is 0 Å². The first-order chi connectivity index (χ1) is 12.5. The third-order valence-electron chi connectivity index (χ3n) is 3.54. The Morgan fingerprint density at radius 3 is 2.62 bits per heavy atom. The van der Waals surface area contributed by atoms with Gasteiger partial charge in [0.25, 0.3) is 11.5 Å². The molecule has 0 bridgehead atoms. The van der Waals surface area contributed by atoms with E-state index in [1.807, 2.05) is 0 Å². The molecule has 134 valence electrons. The molecule has 0 fully saturated rings. The molecular formula is C17H14N2O7. The third kappa shape index (κ3) is 3.56. The molecule has 0 saturated carbocycles. The van der Waals surface area contributed by atoms with Gasteiger partial charge < -0.3 is 24.5 Å². The fraction of sp³-hybridized carbons (Fsp3) is 0.176. The number of carbonyl (C=O) groups is 3. The molecule has 2 aromatic rings. The maximum atomic E-state index is 12.1. The number of fused-ring (bicyclic) bond motifs is 1. The number of H-pyrrole nitrogens is 1. The number of benzene rings is 1. The van der Waals surface area contributed by atoms with Crippen LogP contribution in [0, 0.1) is 0 Å². The smallest absolute Gasteiger partial charge is 0.344 e. The van der Waals surface area contributed by atoms with Crippen LogP contribution in [0.1, 0.15) is 27.6 Å². The van der Waals surface area contributed by atoms with E-state index < -0.39 is 24.0 Å². The number of anilines is 1. The molecule has 0 saturated heterocycles. The minimum atomic E-state index is -0.931. The summed E-state index contributed by atoms with van der Waals surface area (Å²) in [5.41, 5.74) is -0.394. The number of aromatic amines is 1. The Morgan fingerprint density at radius 1 is 1.19 bits per heavy atom. The summed E-state index contributed by atoms with van der Waals surface area (Å²) in [4.78, 5) is 49.5. The van der Waals surface area contributed by atoms with Crippen molar-refractivity contribution >= 4 is 23.3 Å². The quantitative estimate of drug-likeness (QED) is 0.606. The predicted octanol–water partition coefficient (Wildman–Crippen LogP) is 1.10. The van der Waals surface area contributed by atoms with Crippen LogP contribution in [-0.4, -0.2) is 36.0 Å². The molecule has 0 aliphatic carbocycles. The summed E-state index contributed by atoms with van der Waals surface area (Å²) in [7, 11) is 0. The summed E-state index contributed by atoms with van der Waals surface area (Å²) in [5, 5.41) is 2.48. The van der Waals surface area contributed by atoms with Crippen LogP contribution in [0.3, 0.4) is 0 Å². The third-order valence-corrected chi connectivity index (χ3v) is 3.54. The molecule has 1 aromatic heterocycles. The minimum absolute atomic E-state index is 0.0211. The molecule has 1 amide bonds. The highest BCUT2D eigenvalue weighted by atomic mass is 16.7. The van der Waals surface area contributed by atoms with E-state index >= 15 is 0 Å². The van der Waals surface area contributed by atoms with Gasteiger partial charge in [0.2, 0.25) is 6.79 Å². The molecule has 1 aliphatic rings. The number of nitrogens with one attached hydrogen (secondary N) is 2. The number of hydrogen-bond acceptors (Lipinski definition) is 7. The van der Waals surface area contributed by atoms with Crippen molar-refractivity contribution in [1.29, 1.82) is 0 Å². The van der Waals surface area contributed by atoms with Crippen LogP contribution in [0.15, 0.2) is 35.3 Å². The molecule has 0 atom stereocenters. The second-order valence-electron chi connectivity index (χ2n) is 5.34. The Hall–Kier alpha value is -3.62. The average Bonchev–Trinajstić information content (AvgIpc) is 3.06. The van der Waals surface area contributed by atoms with Crippen LogP contribution >= 0.6 is 0 Å². The van der Waals surface area contributed by atoms with E-state index in [1.165, 1.54) is 37.4 Å². The Morgan fingerprint density at radius 2 is 1.92 bits per heavy atom. The summed E-state index contributed by atoms with van der Waals surface area (Å²) < 4.78 is 15.2. The van der Waals surface area contributed by atoms with Gasteiger partial charge in [-0.3, -0.25) is 14.4 Å². The highest BCUT2D eigenvalue weighted by Crippen LogP contribution is 2.37. The molecule has 2 N–H and O–H groups in total. The minimum Gasteiger partial charge on any atom is -0.454 e. The number of Topliss-reactive ketones (excluding diaryl/α,β-unsaturated/α-hetero) is 1.